The van der Waals surface area contributed by atoms with Crippen LogP contribution in [0.3, 0.4) is 0 Å². The van der Waals surface area contributed by atoms with Gasteiger partial charge in [0.15, 0.2) is 0 Å². The molecule has 1 saturated heterocycles. The van der Waals surface area contributed by atoms with Crippen LogP contribution in [0.2, 0.25) is 0 Å². The third-order valence-electron chi connectivity index (χ3n) is 4.90. The number of anilines is 2. The number of hydrogen-bond donors (Lipinski definition) is 1. The average Bonchev–Trinajstić information content (AvgIpc) is 3.08. The molecule has 0 unspecified atom stereocenters. The van der Waals surface area contributed by atoms with E-state index in [9.17, 15) is 4.79 Å². The maximum atomic E-state index is 12.9. The standard InChI is InChI=1S/C22H22N4O2/c1-28-20-4-2-3-16(13-20)15-25-11-12-26(22(25)27)19-7-5-17(6-8-19)18-9-10-24-21(23)14-18/h2-10,13-14H,11-12,15H2,1H3,(H2,23,24). The third kappa shape index (κ3) is 3.62. The summed E-state index contributed by atoms with van der Waals surface area (Å²) >= 11 is 0. The van der Waals surface area contributed by atoms with Crippen molar-refractivity contribution in [1.29, 1.82) is 0 Å². The fraction of sp³-hybridized carbons (Fsp3) is 0.182. The number of rotatable bonds is 5. The molecule has 0 bridgehead atoms. The van der Waals surface area contributed by atoms with Crippen LogP contribution in [0.4, 0.5) is 16.3 Å². The fourth-order valence-electron chi connectivity index (χ4n) is 3.42. The molecule has 1 fully saturated rings. The number of aromatic nitrogens is 1. The van der Waals surface area contributed by atoms with Gasteiger partial charge in [0.05, 0.1) is 7.11 Å². The number of carbonyl (C=O) groups excluding carboxylic acids is 1. The zero-order valence-electron chi connectivity index (χ0n) is 15.7. The zero-order valence-corrected chi connectivity index (χ0v) is 15.7. The van der Waals surface area contributed by atoms with Crippen molar-refractivity contribution < 1.29 is 9.53 Å². The molecule has 1 aliphatic rings. The van der Waals surface area contributed by atoms with Crippen LogP contribution in [-0.2, 0) is 6.54 Å². The normalized spacial score (nSPS) is 13.8. The first-order valence-corrected chi connectivity index (χ1v) is 9.15. The van der Waals surface area contributed by atoms with Crippen molar-refractivity contribution in [2.24, 2.45) is 0 Å². The maximum Gasteiger partial charge on any atom is 0.324 e. The van der Waals surface area contributed by atoms with Gasteiger partial charge in [0, 0.05) is 31.5 Å². The van der Waals surface area contributed by atoms with Crippen LogP contribution >= 0.6 is 0 Å². The number of pyridine rings is 1. The molecule has 142 valence electrons. The summed E-state index contributed by atoms with van der Waals surface area (Å²) in [6.45, 7) is 1.93. The van der Waals surface area contributed by atoms with E-state index < -0.39 is 0 Å². The number of hydrogen-bond acceptors (Lipinski definition) is 4. The number of carbonyl (C=O) groups is 1. The average molecular weight is 374 g/mol. The summed E-state index contributed by atoms with van der Waals surface area (Å²) in [4.78, 5) is 20.5. The van der Waals surface area contributed by atoms with E-state index in [0.717, 1.165) is 28.1 Å². The van der Waals surface area contributed by atoms with Crippen LogP contribution in [0.25, 0.3) is 11.1 Å². The minimum absolute atomic E-state index is 0.0173. The van der Waals surface area contributed by atoms with Crippen LogP contribution in [0.1, 0.15) is 5.56 Å². The summed E-state index contributed by atoms with van der Waals surface area (Å²) in [5.41, 5.74) is 9.76. The second-order valence-electron chi connectivity index (χ2n) is 6.72. The molecule has 6 nitrogen and oxygen atoms in total. The van der Waals surface area contributed by atoms with E-state index in [1.165, 1.54) is 0 Å². The quantitative estimate of drug-likeness (QED) is 0.738. The molecule has 0 atom stereocenters. The van der Waals surface area contributed by atoms with E-state index in [2.05, 4.69) is 4.98 Å². The van der Waals surface area contributed by atoms with Crippen LogP contribution in [0.15, 0.2) is 66.9 Å². The second kappa shape index (κ2) is 7.60. The Morgan fingerprint density at radius 3 is 2.61 bits per heavy atom. The van der Waals surface area contributed by atoms with Crippen LogP contribution in [0, 0.1) is 0 Å². The Labute approximate surface area is 164 Å². The number of amides is 2. The highest BCUT2D eigenvalue weighted by atomic mass is 16.5. The molecule has 2 N–H and O–H groups in total. The molecule has 2 amide bonds. The third-order valence-corrected chi connectivity index (χ3v) is 4.90. The Hall–Kier alpha value is -3.54. The molecule has 0 spiro atoms. The summed E-state index contributed by atoms with van der Waals surface area (Å²) < 4.78 is 5.27. The fourth-order valence-corrected chi connectivity index (χ4v) is 3.42. The zero-order chi connectivity index (χ0) is 19.5. The Morgan fingerprint density at radius 1 is 1.04 bits per heavy atom. The van der Waals surface area contributed by atoms with Crippen LogP contribution in [0.5, 0.6) is 5.75 Å². The van der Waals surface area contributed by atoms with E-state index in [-0.39, 0.29) is 6.03 Å². The van der Waals surface area contributed by atoms with E-state index in [0.29, 0.717) is 25.5 Å². The highest BCUT2D eigenvalue weighted by Crippen LogP contribution is 2.27. The lowest BCUT2D eigenvalue weighted by molar-refractivity contribution is 0.218. The second-order valence-corrected chi connectivity index (χ2v) is 6.72. The molecule has 0 radical (unpaired) electrons. The molecule has 0 saturated carbocycles. The number of nitrogens with zero attached hydrogens (tertiary/aromatic N) is 3. The maximum absolute atomic E-state index is 12.9. The van der Waals surface area contributed by atoms with Gasteiger partial charge in [0.1, 0.15) is 11.6 Å². The monoisotopic (exact) mass is 374 g/mol. The van der Waals surface area contributed by atoms with Gasteiger partial charge in [-0.1, -0.05) is 24.3 Å². The van der Waals surface area contributed by atoms with Gasteiger partial charge in [-0.15, -0.1) is 0 Å². The molecule has 3 aromatic rings. The summed E-state index contributed by atoms with van der Waals surface area (Å²) in [5, 5.41) is 0. The van der Waals surface area contributed by atoms with Crippen LogP contribution in [-0.4, -0.2) is 36.1 Å². The molecule has 0 aliphatic carbocycles. The summed E-state index contributed by atoms with van der Waals surface area (Å²) in [6, 6.07) is 19.5. The molecule has 2 heterocycles. The van der Waals surface area contributed by atoms with Gasteiger partial charge in [0.2, 0.25) is 0 Å². The Morgan fingerprint density at radius 2 is 1.86 bits per heavy atom. The van der Waals surface area contributed by atoms with Gasteiger partial charge in [-0.25, -0.2) is 9.78 Å². The van der Waals surface area contributed by atoms with Crippen molar-refractivity contribution in [2.45, 2.75) is 6.54 Å². The predicted octanol–water partition coefficient (Wildman–Crippen LogP) is 3.78. The molecule has 1 aliphatic heterocycles. The molecule has 1 aromatic heterocycles. The lowest BCUT2D eigenvalue weighted by Crippen LogP contribution is -2.31. The first kappa shape index (κ1) is 17.9. The largest absolute Gasteiger partial charge is 0.497 e. The number of nitrogens with two attached hydrogens (primary N) is 1. The summed E-state index contributed by atoms with van der Waals surface area (Å²) in [5.74, 6) is 1.29. The molecule has 2 aromatic carbocycles. The predicted molar refractivity (Wildman–Crippen MR) is 110 cm³/mol. The highest BCUT2D eigenvalue weighted by Gasteiger charge is 2.29. The number of urea groups is 1. The smallest absolute Gasteiger partial charge is 0.324 e. The molecule has 28 heavy (non-hydrogen) atoms. The molecule has 6 heteroatoms. The Balaban J connectivity index is 1.47. The Kier molecular flexibility index (Phi) is 4.85. The number of nitrogen functional groups attached to an aromatic ring is 1. The van der Waals surface area contributed by atoms with E-state index >= 15 is 0 Å². The first-order valence-electron chi connectivity index (χ1n) is 9.15. The lowest BCUT2D eigenvalue weighted by atomic mass is 10.1. The lowest BCUT2D eigenvalue weighted by Gasteiger charge is -2.19. The van der Waals surface area contributed by atoms with Crippen molar-refractivity contribution in [2.75, 3.05) is 30.8 Å². The minimum atomic E-state index is 0.0173. The van der Waals surface area contributed by atoms with Crippen LogP contribution < -0.4 is 15.4 Å². The van der Waals surface area contributed by atoms with Gasteiger partial charge in [-0.3, -0.25) is 4.90 Å². The number of benzene rings is 2. The van der Waals surface area contributed by atoms with Gasteiger partial charge in [-0.2, -0.15) is 0 Å². The van der Waals surface area contributed by atoms with Crippen molar-refractivity contribution in [3.63, 3.8) is 0 Å². The SMILES string of the molecule is COc1cccc(CN2CCN(c3ccc(-c4ccnc(N)c4)cc3)C2=O)c1. The van der Waals surface area contributed by atoms with Gasteiger partial charge >= 0.3 is 6.03 Å². The highest BCUT2D eigenvalue weighted by molar-refractivity contribution is 5.94. The van der Waals surface area contributed by atoms with Gasteiger partial charge < -0.3 is 15.4 Å². The minimum Gasteiger partial charge on any atom is -0.497 e. The summed E-state index contributed by atoms with van der Waals surface area (Å²) in [6.07, 6.45) is 1.69. The molecular weight excluding hydrogens is 352 g/mol. The van der Waals surface area contributed by atoms with E-state index in [1.54, 1.807) is 13.3 Å². The topological polar surface area (TPSA) is 71.7 Å². The van der Waals surface area contributed by atoms with Crippen molar-refractivity contribution >= 4 is 17.5 Å². The Bertz CT molecular complexity index is 988. The number of methoxy groups -OCH3 is 1. The molecule has 4 rings (SSSR count). The van der Waals surface area contributed by atoms with Crippen molar-refractivity contribution in [1.82, 2.24) is 9.88 Å². The molecular formula is C22H22N4O2. The van der Waals surface area contributed by atoms with Crippen molar-refractivity contribution in [3.05, 3.63) is 72.4 Å². The van der Waals surface area contributed by atoms with Gasteiger partial charge in [0.25, 0.3) is 0 Å². The first-order chi connectivity index (χ1) is 13.6. The van der Waals surface area contributed by atoms with E-state index in [4.69, 9.17) is 10.5 Å². The summed E-state index contributed by atoms with van der Waals surface area (Å²) in [7, 11) is 1.64. The number of ether oxygens (including phenoxy) is 1. The van der Waals surface area contributed by atoms with Gasteiger partial charge in [-0.05, 0) is 53.1 Å². The van der Waals surface area contributed by atoms with Crippen molar-refractivity contribution in [3.8, 4) is 16.9 Å². The van der Waals surface area contributed by atoms with E-state index in [1.807, 2.05) is 70.5 Å².